The van der Waals surface area contributed by atoms with Crippen molar-refractivity contribution in [1.29, 1.82) is 0 Å². The Labute approximate surface area is 196 Å². The molecule has 8 nitrogen and oxygen atoms in total. The van der Waals surface area contributed by atoms with E-state index >= 15 is 0 Å². The average Bonchev–Trinajstić information content (AvgIpc) is 3.12. The van der Waals surface area contributed by atoms with Crippen molar-refractivity contribution in [2.24, 2.45) is 7.05 Å². The van der Waals surface area contributed by atoms with Gasteiger partial charge in [0.25, 0.3) is 0 Å². The molecule has 4 heterocycles. The Kier molecular flexibility index (Phi) is 5.01. The Morgan fingerprint density at radius 1 is 0.889 bits per heavy atom. The van der Waals surface area contributed by atoms with Gasteiger partial charge >= 0.3 is 18.0 Å². The summed E-state index contributed by atoms with van der Waals surface area (Å²) in [7, 11) is 1.44. The van der Waals surface area contributed by atoms with Gasteiger partial charge < -0.3 is 10.7 Å². The van der Waals surface area contributed by atoms with Crippen LogP contribution < -0.4 is 11.4 Å². The van der Waals surface area contributed by atoms with E-state index in [1.807, 2.05) is 0 Å². The number of aryl methyl sites for hydroxylation is 1. The Bertz CT molecular complexity index is 1700. The van der Waals surface area contributed by atoms with Crippen LogP contribution >= 0.6 is 0 Å². The van der Waals surface area contributed by atoms with E-state index in [0.717, 1.165) is 18.5 Å². The average molecular weight is 505 g/mol. The standard InChI is InChI=1S/C22H13F6N7O/c1-35-17-15(11-7-31-19(32-8-11)22(26,27)28)33-14-3-2-9(4-12(14)16(17)34-20(35)36)10-5-13(21(23,24)25)18(29)30-6-10/h2-8H,1H3,(H2,29,30)(H,34,36). The fraction of sp³-hybridized carbons (Fsp3) is 0.136. The number of aromatic amines is 1. The fourth-order valence-corrected chi connectivity index (χ4v) is 3.84. The molecule has 4 aromatic heterocycles. The lowest BCUT2D eigenvalue weighted by Crippen LogP contribution is -2.12. The van der Waals surface area contributed by atoms with E-state index in [1.54, 1.807) is 0 Å². The van der Waals surface area contributed by atoms with Crippen LogP contribution in [-0.2, 0) is 19.4 Å². The summed E-state index contributed by atoms with van der Waals surface area (Å²) in [6.07, 6.45) is -6.34. The molecule has 0 amide bonds. The molecule has 0 aliphatic carbocycles. The molecule has 0 saturated carbocycles. The molecule has 0 bridgehead atoms. The van der Waals surface area contributed by atoms with Gasteiger partial charge in [-0.3, -0.25) is 4.57 Å². The van der Waals surface area contributed by atoms with Crippen molar-refractivity contribution in [1.82, 2.24) is 29.5 Å². The largest absolute Gasteiger partial charge is 0.451 e. The van der Waals surface area contributed by atoms with Crippen LogP contribution in [0.4, 0.5) is 32.2 Å². The van der Waals surface area contributed by atoms with E-state index in [9.17, 15) is 31.1 Å². The Morgan fingerprint density at radius 2 is 1.56 bits per heavy atom. The Hall–Kier alpha value is -4.49. The first kappa shape index (κ1) is 23.3. The maximum atomic E-state index is 13.3. The number of H-pyrrole nitrogens is 1. The maximum absolute atomic E-state index is 13.3. The summed E-state index contributed by atoms with van der Waals surface area (Å²) in [4.78, 5) is 30.0. The van der Waals surface area contributed by atoms with Crippen LogP contribution in [0.2, 0.25) is 0 Å². The van der Waals surface area contributed by atoms with Gasteiger partial charge in [-0.25, -0.2) is 24.7 Å². The summed E-state index contributed by atoms with van der Waals surface area (Å²) in [5.74, 6) is -1.99. The van der Waals surface area contributed by atoms with Crippen molar-refractivity contribution in [3.63, 3.8) is 0 Å². The smallest absolute Gasteiger partial charge is 0.383 e. The molecule has 0 aliphatic rings. The summed E-state index contributed by atoms with van der Waals surface area (Å²) in [5, 5.41) is 0.391. The number of nitrogens with zero attached hydrogens (tertiary/aromatic N) is 5. The third-order valence-corrected chi connectivity index (χ3v) is 5.57. The lowest BCUT2D eigenvalue weighted by atomic mass is 10.0. The Balaban J connectivity index is 1.73. The number of nitrogens with one attached hydrogen (secondary N) is 1. The van der Waals surface area contributed by atoms with Crippen molar-refractivity contribution >= 4 is 27.8 Å². The molecule has 3 N–H and O–H groups in total. The van der Waals surface area contributed by atoms with Crippen molar-refractivity contribution < 1.29 is 26.3 Å². The monoisotopic (exact) mass is 505 g/mol. The lowest BCUT2D eigenvalue weighted by Gasteiger charge is -2.12. The molecule has 0 saturated heterocycles. The molecule has 14 heteroatoms. The number of nitrogen functional groups attached to an aromatic ring is 1. The molecule has 0 spiro atoms. The first-order valence-corrected chi connectivity index (χ1v) is 10.1. The van der Waals surface area contributed by atoms with Gasteiger partial charge in [-0.1, -0.05) is 6.07 Å². The molecule has 0 aliphatic heterocycles. The summed E-state index contributed by atoms with van der Waals surface area (Å²) >= 11 is 0. The molecule has 36 heavy (non-hydrogen) atoms. The molecule has 1 aromatic carbocycles. The number of pyridine rings is 2. The second kappa shape index (κ2) is 7.76. The first-order chi connectivity index (χ1) is 16.8. The highest BCUT2D eigenvalue weighted by atomic mass is 19.4. The Morgan fingerprint density at radius 3 is 2.19 bits per heavy atom. The molecule has 0 radical (unpaired) electrons. The number of hydrogen-bond acceptors (Lipinski definition) is 6. The van der Waals surface area contributed by atoms with Gasteiger partial charge in [-0.15, -0.1) is 0 Å². The number of aromatic nitrogens is 6. The van der Waals surface area contributed by atoms with E-state index in [1.165, 1.54) is 36.0 Å². The number of nitrogens with two attached hydrogens (primary N) is 1. The van der Waals surface area contributed by atoms with Crippen molar-refractivity contribution in [3.8, 4) is 22.4 Å². The number of benzene rings is 1. The van der Waals surface area contributed by atoms with Gasteiger partial charge in [0.1, 0.15) is 5.82 Å². The van der Waals surface area contributed by atoms with Crippen molar-refractivity contribution in [3.05, 3.63) is 64.7 Å². The highest BCUT2D eigenvalue weighted by Crippen LogP contribution is 2.37. The predicted octanol–water partition coefficient (Wildman–Crippen LogP) is 4.55. The number of hydrogen-bond donors (Lipinski definition) is 2. The van der Waals surface area contributed by atoms with Crippen LogP contribution in [0.3, 0.4) is 0 Å². The number of rotatable bonds is 2. The van der Waals surface area contributed by atoms with E-state index in [0.29, 0.717) is 16.5 Å². The minimum absolute atomic E-state index is 0.130. The molecule has 5 aromatic rings. The molecule has 5 rings (SSSR count). The number of fused-ring (bicyclic) bond motifs is 3. The van der Waals surface area contributed by atoms with Crippen LogP contribution in [0.5, 0.6) is 0 Å². The summed E-state index contributed by atoms with van der Waals surface area (Å²) in [6, 6.07) is 5.41. The SMILES string of the molecule is Cn1c(=O)[nH]c2c3cc(-c4cnc(N)c(C(F)(F)F)c4)ccc3nc(-c3cnc(C(F)(F)F)nc3)c21. The summed E-state index contributed by atoms with van der Waals surface area (Å²) in [6.45, 7) is 0. The van der Waals surface area contributed by atoms with Crippen LogP contribution in [0.25, 0.3) is 44.3 Å². The number of anilines is 1. The normalized spacial score (nSPS) is 12.5. The zero-order valence-corrected chi connectivity index (χ0v) is 18.0. The molecule has 184 valence electrons. The van der Waals surface area contributed by atoms with Gasteiger partial charge in [0.05, 0.1) is 27.8 Å². The van der Waals surface area contributed by atoms with E-state index < -0.39 is 35.2 Å². The summed E-state index contributed by atoms with van der Waals surface area (Å²) in [5.41, 5.74) is 5.37. The minimum atomic E-state index is -4.73. The van der Waals surface area contributed by atoms with E-state index in [2.05, 4.69) is 24.9 Å². The second-order valence-corrected chi connectivity index (χ2v) is 7.85. The zero-order chi connectivity index (χ0) is 26.0. The topological polar surface area (TPSA) is 115 Å². The molecular weight excluding hydrogens is 492 g/mol. The third-order valence-electron chi connectivity index (χ3n) is 5.57. The quantitative estimate of drug-likeness (QED) is 0.340. The van der Waals surface area contributed by atoms with Crippen LogP contribution in [0.15, 0.2) is 47.7 Å². The number of imidazole rings is 1. The second-order valence-electron chi connectivity index (χ2n) is 7.85. The number of halogens is 6. The first-order valence-electron chi connectivity index (χ1n) is 10.1. The van der Waals surface area contributed by atoms with Crippen molar-refractivity contribution in [2.75, 3.05) is 5.73 Å². The third kappa shape index (κ3) is 3.79. The van der Waals surface area contributed by atoms with E-state index in [-0.39, 0.29) is 27.9 Å². The van der Waals surface area contributed by atoms with Gasteiger partial charge in [0.2, 0.25) is 5.82 Å². The molecule has 0 unspecified atom stereocenters. The summed E-state index contributed by atoms with van der Waals surface area (Å²) < 4.78 is 79.8. The zero-order valence-electron chi connectivity index (χ0n) is 18.0. The fourth-order valence-electron chi connectivity index (χ4n) is 3.84. The predicted molar refractivity (Wildman–Crippen MR) is 118 cm³/mol. The van der Waals surface area contributed by atoms with Gasteiger partial charge in [0, 0.05) is 42.2 Å². The van der Waals surface area contributed by atoms with Crippen LogP contribution in [-0.4, -0.2) is 29.5 Å². The van der Waals surface area contributed by atoms with Gasteiger partial charge in [-0.05, 0) is 23.8 Å². The lowest BCUT2D eigenvalue weighted by molar-refractivity contribution is -0.145. The van der Waals surface area contributed by atoms with Gasteiger partial charge in [-0.2, -0.15) is 26.3 Å². The van der Waals surface area contributed by atoms with Crippen LogP contribution in [0.1, 0.15) is 11.4 Å². The minimum Gasteiger partial charge on any atom is -0.383 e. The highest BCUT2D eigenvalue weighted by Gasteiger charge is 2.35. The van der Waals surface area contributed by atoms with E-state index in [4.69, 9.17) is 5.73 Å². The number of alkyl halides is 6. The van der Waals surface area contributed by atoms with Gasteiger partial charge in [0.15, 0.2) is 0 Å². The molecule has 0 atom stereocenters. The van der Waals surface area contributed by atoms with Crippen LogP contribution in [0, 0.1) is 0 Å². The van der Waals surface area contributed by atoms with Crippen molar-refractivity contribution in [2.45, 2.75) is 12.4 Å². The maximum Gasteiger partial charge on any atom is 0.451 e. The molecular formula is C22H13F6N7O. The molecule has 0 fully saturated rings. The highest BCUT2D eigenvalue weighted by molar-refractivity contribution is 6.08.